The van der Waals surface area contributed by atoms with Gasteiger partial charge in [0.2, 0.25) is 15.9 Å². The Bertz CT molecular complexity index is 1410. The number of aliphatic hydroxyl groups is 1. The number of rotatable bonds is 10. The van der Waals surface area contributed by atoms with Crippen LogP contribution in [0, 0.1) is 22.7 Å². The summed E-state index contributed by atoms with van der Waals surface area (Å²) >= 11 is 6.23. The summed E-state index contributed by atoms with van der Waals surface area (Å²) in [5.41, 5.74) is 1.53. The minimum atomic E-state index is -3.71. The maximum absolute atomic E-state index is 12.5. The Hall–Kier alpha value is -3.93. The van der Waals surface area contributed by atoms with Crippen molar-refractivity contribution in [3.05, 3.63) is 82.4 Å². The van der Waals surface area contributed by atoms with E-state index in [9.17, 15) is 13.2 Å². The molecule has 0 atom stereocenters. The molecule has 11 heteroatoms. The normalized spacial score (nSPS) is 10.8. The van der Waals surface area contributed by atoms with Crippen LogP contribution < -0.4 is 14.8 Å². The third kappa shape index (κ3) is 7.28. The van der Waals surface area contributed by atoms with Gasteiger partial charge < -0.3 is 15.2 Å². The summed E-state index contributed by atoms with van der Waals surface area (Å²) < 4.78 is 32.6. The minimum absolute atomic E-state index is 0.0159. The van der Waals surface area contributed by atoms with Gasteiger partial charge >= 0.3 is 0 Å². The number of sulfonamides is 1. The Morgan fingerprint density at radius 2 is 1.67 bits per heavy atom. The summed E-state index contributed by atoms with van der Waals surface area (Å²) in [6, 6.07) is 18.8. The second-order valence-corrected chi connectivity index (χ2v) is 9.73. The zero-order valence-electron chi connectivity index (χ0n) is 18.9. The van der Waals surface area contributed by atoms with Crippen molar-refractivity contribution in [2.45, 2.75) is 17.7 Å². The number of nitriles is 2. The van der Waals surface area contributed by atoms with Crippen molar-refractivity contribution in [2.24, 2.45) is 0 Å². The molecule has 9 nitrogen and oxygen atoms in total. The zero-order chi connectivity index (χ0) is 26.1. The van der Waals surface area contributed by atoms with Crippen molar-refractivity contribution in [1.82, 2.24) is 4.72 Å². The first-order valence-corrected chi connectivity index (χ1v) is 12.5. The van der Waals surface area contributed by atoms with Crippen molar-refractivity contribution >= 4 is 33.2 Å². The number of nitrogens with one attached hydrogen (secondary N) is 2. The molecule has 0 bridgehead atoms. The highest BCUT2D eigenvalue weighted by molar-refractivity contribution is 7.89. The van der Waals surface area contributed by atoms with Crippen molar-refractivity contribution in [1.29, 1.82) is 10.5 Å². The number of benzene rings is 3. The van der Waals surface area contributed by atoms with Crippen LogP contribution in [0.2, 0.25) is 5.02 Å². The molecule has 3 aromatic rings. The number of hydrogen-bond donors (Lipinski definition) is 3. The molecule has 0 aliphatic heterocycles. The number of aliphatic hydroxyl groups excluding tert-OH is 1. The maximum Gasteiger partial charge on any atom is 0.240 e. The fourth-order valence-corrected chi connectivity index (χ4v) is 4.36. The number of hydrogen-bond acceptors (Lipinski definition) is 7. The van der Waals surface area contributed by atoms with Crippen LogP contribution in [0.4, 0.5) is 5.69 Å². The molecule has 0 aliphatic carbocycles. The molecule has 3 N–H and O–H groups in total. The standard InChI is InChI=1S/C25H21ClN4O5S/c26-23-7-2-17(13-24(23)35-21-11-18(15-27)10-19(12-21)16-28)14-25(32)30-20-3-5-22(6-4-20)36(33,34)29-8-1-9-31/h2-7,10-13,29,31H,1,8-9,14H2,(H,30,32). The van der Waals surface area contributed by atoms with Crippen LogP contribution in [0.25, 0.3) is 0 Å². The van der Waals surface area contributed by atoms with Gasteiger partial charge in [-0.15, -0.1) is 0 Å². The molecule has 0 heterocycles. The van der Waals surface area contributed by atoms with Gasteiger partial charge in [0.05, 0.1) is 39.6 Å². The van der Waals surface area contributed by atoms with Crippen molar-refractivity contribution in [3.8, 4) is 23.6 Å². The molecule has 0 unspecified atom stereocenters. The van der Waals surface area contributed by atoms with Gasteiger partial charge in [-0.3, -0.25) is 4.79 Å². The summed E-state index contributed by atoms with van der Waals surface area (Å²) in [6.07, 6.45) is 0.288. The molecule has 1 amide bonds. The molecule has 0 saturated carbocycles. The minimum Gasteiger partial charge on any atom is -0.456 e. The van der Waals surface area contributed by atoms with Crippen LogP contribution in [0.1, 0.15) is 23.1 Å². The molecule has 0 saturated heterocycles. The fourth-order valence-electron chi connectivity index (χ4n) is 3.13. The van der Waals surface area contributed by atoms with E-state index in [-0.39, 0.29) is 58.0 Å². The van der Waals surface area contributed by atoms with Crippen LogP contribution in [-0.2, 0) is 21.2 Å². The molecule has 36 heavy (non-hydrogen) atoms. The van der Waals surface area contributed by atoms with Gasteiger partial charge in [-0.1, -0.05) is 17.7 Å². The Labute approximate surface area is 213 Å². The van der Waals surface area contributed by atoms with Crippen LogP contribution in [-0.4, -0.2) is 32.6 Å². The number of carbonyl (C=O) groups is 1. The van der Waals surface area contributed by atoms with E-state index in [1.165, 1.54) is 42.5 Å². The first-order valence-electron chi connectivity index (χ1n) is 10.7. The number of anilines is 1. The zero-order valence-corrected chi connectivity index (χ0v) is 20.4. The highest BCUT2D eigenvalue weighted by atomic mass is 35.5. The molecule has 3 rings (SSSR count). The van der Waals surface area contributed by atoms with Crippen molar-refractivity contribution in [3.63, 3.8) is 0 Å². The lowest BCUT2D eigenvalue weighted by Gasteiger charge is -2.11. The second-order valence-electron chi connectivity index (χ2n) is 7.56. The third-order valence-electron chi connectivity index (χ3n) is 4.83. The number of halogens is 1. The lowest BCUT2D eigenvalue weighted by Crippen LogP contribution is -2.25. The molecular weight excluding hydrogens is 504 g/mol. The molecule has 184 valence electrons. The number of ether oxygens (including phenoxy) is 1. The highest BCUT2D eigenvalue weighted by Gasteiger charge is 2.14. The summed E-state index contributed by atoms with van der Waals surface area (Å²) in [6.45, 7) is -0.00140. The molecule has 0 spiro atoms. The fraction of sp³-hybridized carbons (Fsp3) is 0.160. The molecule has 0 radical (unpaired) electrons. The average molecular weight is 525 g/mol. The predicted octanol–water partition coefficient (Wildman–Crippen LogP) is 3.72. The van der Waals surface area contributed by atoms with E-state index < -0.39 is 10.0 Å². The van der Waals surface area contributed by atoms with Crippen LogP contribution in [0.5, 0.6) is 11.5 Å². The molecule has 0 aliphatic rings. The Balaban J connectivity index is 1.67. The first-order chi connectivity index (χ1) is 17.2. The van der Waals surface area contributed by atoms with E-state index in [1.807, 2.05) is 12.1 Å². The van der Waals surface area contributed by atoms with E-state index >= 15 is 0 Å². The van der Waals surface area contributed by atoms with Gasteiger partial charge in [-0.05, 0) is 66.6 Å². The van der Waals surface area contributed by atoms with Gasteiger partial charge in [0, 0.05) is 18.8 Å². The van der Waals surface area contributed by atoms with Crippen LogP contribution in [0.3, 0.4) is 0 Å². The van der Waals surface area contributed by atoms with E-state index in [4.69, 9.17) is 32.0 Å². The van der Waals surface area contributed by atoms with Crippen LogP contribution >= 0.6 is 11.6 Å². The van der Waals surface area contributed by atoms with Gasteiger partial charge in [-0.2, -0.15) is 10.5 Å². The average Bonchev–Trinajstić information content (AvgIpc) is 2.86. The smallest absolute Gasteiger partial charge is 0.240 e. The summed E-state index contributed by atoms with van der Waals surface area (Å²) in [5, 5.41) is 30.0. The Morgan fingerprint density at radius 1 is 1.00 bits per heavy atom. The second kappa shape index (κ2) is 12.2. The number of amides is 1. The van der Waals surface area contributed by atoms with E-state index in [2.05, 4.69) is 10.0 Å². The summed E-state index contributed by atoms with van der Waals surface area (Å²) in [5.74, 6) is 0.164. The lowest BCUT2D eigenvalue weighted by molar-refractivity contribution is -0.115. The maximum atomic E-state index is 12.5. The topological polar surface area (TPSA) is 152 Å². The first kappa shape index (κ1) is 26.7. The van der Waals surface area contributed by atoms with Gasteiger partial charge in [0.25, 0.3) is 0 Å². The van der Waals surface area contributed by atoms with Crippen LogP contribution in [0.15, 0.2) is 65.6 Å². The van der Waals surface area contributed by atoms with Gasteiger partial charge in [0.1, 0.15) is 11.5 Å². The SMILES string of the molecule is N#Cc1cc(C#N)cc(Oc2cc(CC(=O)Nc3ccc(S(=O)(=O)NCCCO)cc3)ccc2Cl)c1. The number of nitrogens with zero attached hydrogens (tertiary/aromatic N) is 2. The molecule has 3 aromatic carbocycles. The predicted molar refractivity (Wildman–Crippen MR) is 133 cm³/mol. The third-order valence-corrected chi connectivity index (χ3v) is 6.62. The van der Waals surface area contributed by atoms with Gasteiger partial charge in [0.15, 0.2) is 0 Å². The monoisotopic (exact) mass is 524 g/mol. The van der Waals surface area contributed by atoms with E-state index in [1.54, 1.807) is 18.2 Å². The lowest BCUT2D eigenvalue weighted by atomic mass is 10.1. The van der Waals surface area contributed by atoms with E-state index in [0.717, 1.165) is 0 Å². The molecule has 0 aromatic heterocycles. The Kier molecular flexibility index (Phi) is 9.01. The quantitative estimate of drug-likeness (QED) is 0.342. The number of carbonyl (C=O) groups excluding carboxylic acids is 1. The molecular formula is C25H21ClN4O5S. The molecule has 0 fully saturated rings. The summed E-state index contributed by atoms with van der Waals surface area (Å²) in [7, 11) is -3.71. The summed E-state index contributed by atoms with van der Waals surface area (Å²) in [4.78, 5) is 12.6. The van der Waals surface area contributed by atoms with Crippen molar-refractivity contribution < 1.29 is 23.1 Å². The van der Waals surface area contributed by atoms with Gasteiger partial charge in [-0.25, -0.2) is 13.1 Å². The Morgan fingerprint density at radius 3 is 2.28 bits per heavy atom. The highest BCUT2D eigenvalue weighted by Crippen LogP contribution is 2.31. The van der Waals surface area contributed by atoms with E-state index in [0.29, 0.717) is 17.7 Å². The largest absolute Gasteiger partial charge is 0.456 e. The van der Waals surface area contributed by atoms with Crippen molar-refractivity contribution in [2.75, 3.05) is 18.5 Å².